The minimum absolute atomic E-state index is 0.0970. The van der Waals surface area contributed by atoms with Gasteiger partial charge in [0.1, 0.15) is 36.0 Å². The predicted octanol–water partition coefficient (Wildman–Crippen LogP) is 0.539. The first-order valence-electron chi connectivity index (χ1n) is 12.9. The summed E-state index contributed by atoms with van der Waals surface area (Å²) in [5.41, 5.74) is 0.457. The highest BCUT2D eigenvalue weighted by molar-refractivity contribution is 6.15. The second-order valence-electron chi connectivity index (χ2n) is 9.78. The zero-order valence-corrected chi connectivity index (χ0v) is 21.8. The van der Waals surface area contributed by atoms with Gasteiger partial charge in [-0.3, -0.25) is 14.4 Å². The standard InChI is InChI=1S/C29H30F2N2O8/c30-20-7-3-1-5-16(20)11-18-13-33(14-19(26(18)37)12-17-6-2-4-8-21(17)31)24(36)10-9-23(35)32-25-28(39)27(38)22(15-34)41-29(25)40/h1-8,11-12,22,25,27-29,34,38-40H,9-10,13-15H2,(H,32,35)/b18-11+,19-12+/t22-,25-,27-,28-,29-/m1/s1. The summed E-state index contributed by atoms with van der Waals surface area (Å²) in [6, 6.07) is 10.2. The first-order chi connectivity index (χ1) is 19.6. The molecule has 2 fully saturated rings. The van der Waals surface area contributed by atoms with Crippen LogP contribution in [0.15, 0.2) is 59.7 Å². The van der Waals surface area contributed by atoms with Crippen molar-refractivity contribution in [2.24, 2.45) is 0 Å². The summed E-state index contributed by atoms with van der Waals surface area (Å²) in [5, 5.41) is 41.8. The van der Waals surface area contributed by atoms with Gasteiger partial charge in [-0.15, -0.1) is 0 Å². The molecule has 0 aromatic heterocycles. The molecule has 0 radical (unpaired) electrons. The van der Waals surface area contributed by atoms with E-state index in [1.54, 1.807) is 12.1 Å². The maximum Gasteiger partial charge on any atom is 0.223 e. The number of nitrogens with zero attached hydrogens (tertiary/aromatic N) is 1. The summed E-state index contributed by atoms with van der Waals surface area (Å²) in [7, 11) is 0. The molecule has 0 spiro atoms. The number of rotatable bonds is 7. The van der Waals surface area contributed by atoms with Crippen molar-refractivity contribution in [3.8, 4) is 0 Å². The Bertz CT molecular complexity index is 1300. The molecule has 10 nitrogen and oxygen atoms in total. The molecule has 2 aliphatic heterocycles. The quantitative estimate of drug-likeness (QED) is 0.301. The second kappa shape index (κ2) is 13.2. The first-order valence-corrected chi connectivity index (χ1v) is 12.9. The largest absolute Gasteiger partial charge is 0.394 e. The molecule has 2 saturated heterocycles. The zero-order valence-electron chi connectivity index (χ0n) is 21.8. The smallest absolute Gasteiger partial charge is 0.223 e. The zero-order chi connectivity index (χ0) is 29.7. The molecular formula is C29H30F2N2O8. The Morgan fingerprint density at radius 2 is 1.44 bits per heavy atom. The molecule has 5 atom stereocenters. The molecule has 0 bridgehead atoms. The third-order valence-electron chi connectivity index (χ3n) is 6.92. The summed E-state index contributed by atoms with van der Waals surface area (Å²) in [6.07, 6.45) is -4.21. The van der Waals surface area contributed by atoms with Gasteiger partial charge in [0.25, 0.3) is 0 Å². The van der Waals surface area contributed by atoms with Crippen LogP contribution in [0.2, 0.25) is 0 Å². The number of Topliss-reactive ketones (excluding diaryl/α,β-unsaturated/α-hetero) is 1. The molecule has 2 aromatic rings. The summed E-state index contributed by atoms with van der Waals surface area (Å²) in [6.45, 7) is -1.01. The number of carbonyl (C=O) groups excluding carboxylic acids is 3. The maximum atomic E-state index is 14.3. The van der Waals surface area contributed by atoms with Gasteiger partial charge in [-0.25, -0.2) is 8.78 Å². The molecule has 0 unspecified atom stereocenters. The highest BCUT2D eigenvalue weighted by atomic mass is 19.1. The van der Waals surface area contributed by atoms with Crippen LogP contribution in [0, 0.1) is 11.6 Å². The minimum atomic E-state index is -1.71. The lowest BCUT2D eigenvalue weighted by Crippen LogP contribution is -2.64. The van der Waals surface area contributed by atoms with Crippen LogP contribution < -0.4 is 5.32 Å². The van der Waals surface area contributed by atoms with Crippen LogP contribution in [0.25, 0.3) is 12.2 Å². The average Bonchev–Trinajstić information content (AvgIpc) is 2.96. The van der Waals surface area contributed by atoms with E-state index < -0.39 is 66.5 Å². The number of nitrogens with one attached hydrogen (secondary N) is 1. The number of hydrogen-bond acceptors (Lipinski definition) is 8. The number of amides is 2. The number of hydrogen-bond donors (Lipinski definition) is 5. The van der Waals surface area contributed by atoms with Gasteiger partial charge in [-0.05, 0) is 24.3 Å². The van der Waals surface area contributed by atoms with E-state index in [9.17, 15) is 43.6 Å². The highest BCUT2D eigenvalue weighted by Gasteiger charge is 2.44. The number of aliphatic hydroxyl groups is 4. The van der Waals surface area contributed by atoms with Crippen LogP contribution in [-0.4, -0.2) is 93.3 Å². The lowest BCUT2D eigenvalue weighted by Gasteiger charge is -2.40. The molecular weight excluding hydrogens is 542 g/mol. The number of likely N-dealkylation sites (tertiary alicyclic amines) is 1. The number of aliphatic hydroxyl groups excluding tert-OH is 4. The van der Waals surface area contributed by atoms with E-state index in [4.69, 9.17) is 4.74 Å². The SMILES string of the molecule is O=C(CCC(=O)N1C/C(=C\c2ccccc2F)C(=O)/C(=C/c2ccccc2F)C1)N[C@@H]1[C@@H](O)[C@H](O)[C@@H](CO)O[C@H]1O. The Morgan fingerprint density at radius 1 is 0.902 bits per heavy atom. The van der Waals surface area contributed by atoms with E-state index in [1.807, 2.05) is 0 Å². The van der Waals surface area contributed by atoms with Gasteiger partial charge in [-0.1, -0.05) is 36.4 Å². The van der Waals surface area contributed by atoms with E-state index in [0.29, 0.717) is 0 Å². The van der Waals surface area contributed by atoms with Crippen molar-refractivity contribution in [3.63, 3.8) is 0 Å². The molecule has 0 aliphatic carbocycles. The third kappa shape index (κ3) is 7.10. The van der Waals surface area contributed by atoms with Crippen molar-refractivity contribution in [1.82, 2.24) is 10.2 Å². The number of carbonyl (C=O) groups is 3. The summed E-state index contributed by atoms with van der Waals surface area (Å²) >= 11 is 0. The number of benzene rings is 2. The van der Waals surface area contributed by atoms with Crippen molar-refractivity contribution in [2.45, 2.75) is 43.5 Å². The topological polar surface area (TPSA) is 157 Å². The fraction of sp³-hybridized carbons (Fsp3) is 0.345. The Balaban J connectivity index is 1.49. The molecule has 5 N–H and O–H groups in total. The molecule has 12 heteroatoms. The fourth-order valence-corrected chi connectivity index (χ4v) is 4.67. The van der Waals surface area contributed by atoms with E-state index >= 15 is 0 Å². The molecule has 2 aliphatic rings. The van der Waals surface area contributed by atoms with Gasteiger partial charge in [0.05, 0.1) is 6.61 Å². The lowest BCUT2D eigenvalue weighted by atomic mass is 9.93. The molecule has 41 heavy (non-hydrogen) atoms. The third-order valence-corrected chi connectivity index (χ3v) is 6.92. The molecule has 2 aromatic carbocycles. The highest BCUT2D eigenvalue weighted by Crippen LogP contribution is 2.25. The van der Waals surface area contributed by atoms with Crippen LogP contribution in [-0.2, 0) is 19.1 Å². The van der Waals surface area contributed by atoms with Gasteiger partial charge < -0.3 is 35.4 Å². The Labute approximate surface area is 234 Å². The number of halogens is 2. The molecule has 0 saturated carbocycles. The molecule has 218 valence electrons. The lowest BCUT2D eigenvalue weighted by molar-refractivity contribution is -0.253. The average molecular weight is 573 g/mol. The van der Waals surface area contributed by atoms with Crippen LogP contribution in [0.3, 0.4) is 0 Å². The van der Waals surface area contributed by atoms with E-state index in [1.165, 1.54) is 53.5 Å². The van der Waals surface area contributed by atoms with Crippen molar-refractivity contribution in [2.75, 3.05) is 19.7 Å². The van der Waals surface area contributed by atoms with E-state index in [2.05, 4.69) is 5.32 Å². The Hall–Kier alpha value is -3.81. The van der Waals surface area contributed by atoms with Crippen LogP contribution >= 0.6 is 0 Å². The number of ketones is 1. The minimum Gasteiger partial charge on any atom is -0.394 e. The van der Waals surface area contributed by atoms with Gasteiger partial charge in [0.2, 0.25) is 11.8 Å². The second-order valence-corrected chi connectivity index (χ2v) is 9.78. The van der Waals surface area contributed by atoms with Gasteiger partial charge in [0, 0.05) is 48.2 Å². The first kappa shape index (κ1) is 30.2. The van der Waals surface area contributed by atoms with Crippen LogP contribution in [0.4, 0.5) is 8.78 Å². The van der Waals surface area contributed by atoms with E-state index in [-0.39, 0.29) is 48.2 Å². The van der Waals surface area contributed by atoms with Crippen LogP contribution in [0.1, 0.15) is 24.0 Å². The van der Waals surface area contributed by atoms with Crippen molar-refractivity contribution in [1.29, 1.82) is 0 Å². The predicted molar refractivity (Wildman–Crippen MR) is 141 cm³/mol. The molecule has 2 amide bonds. The number of ether oxygens (including phenoxy) is 1. The van der Waals surface area contributed by atoms with Crippen molar-refractivity contribution in [3.05, 3.63) is 82.4 Å². The monoisotopic (exact) mass is 572 g/mol. The van der Waals surface area contributed by atoms with Gasteiger partial charge in [-0.2, -0.15) is 0 Å². The molecule has 2 heterocycles. The number of piperidine rings is 1. The van der Waals surface area contributed by atoms with Crippen LogP contribution in [0.5, 0.6) is 0 Å². The Morgan fingerprint density at radius 3 is 1.95 bits per heavy atom. The molecule has 4 rings (SSSR count). The fourth-order valence-electron chi connectivity index (χ4n) is 4.67. The summed E-state index contributed by atoms with van der Waals surface area (Å²) < 4.78 is 33.7. The Kier molecular flexibility index (Phi) is 9.73. The van der Waals surface area contributed by atoms with E-state index in [0.717, 1.165) is 0 Å². The van der Waals surface area contributed by atoms with Crippen molar-refractivity contribution < 1.29 is 48.3 Å². The van der Waals surface area contributed by atoms with Crippen molar-refractivity contribution >= 4 is 29.7 Å². The van der Waals surface area contributed by atoms with Gasteiger partial charge in [0.15, 0.2) is 12.1 Å². The summed E-state index contributed by atoms with van der Waals surface area (Å²) in [4.78, 5) is 40.2. The maximum absolute atomic E-state index is 14.3. The van der Waals surface area contributed by atoms with Gasteiger partial charge >= 0.3 is 0 Å². The summed E-state index contributed by atoms with van der Waals surface area (Å²) in [5.74, 6) is -2.89. The normalized spacial score (nSPS) is 26.8.